The van der Waals surface area contributed by atoms with Gasteiger partial charge in [-0.15, -0.1) is 10.2 Å². The minimum atomic E-state index is -0.488. The van der Waals surface area contributed by atoms with Crippen LogP contribution in [0, 0.1) is 5.82 Å². The third-order valence-electron chi connectivity index (χ3n) is 4.32. The second kappa shape index (κ2) is 9.40. The molecule has 4 rings (SSSR count). The number of carbonyl (C=O) groups is 1. The van der Waals surface area contributed by atoms with Crippen molar-refractivity contribution in [3.8, 4) is 23.0 Å². The molecule has 9 heteroatoms. The number of thioether (sulfide) groups is 1. The summed E-state index contributed by atoms with van der Waals surface area (Å²) in [7, 11) is 1.59. The highest BCUT2D eigenvalue weighted by Gasteiger charge is 2.18. The van der Waals surface area contributed by atoms with E-state index >= 15 is 0 Å². The predicted octanol–water partition coefficient (Wildman–Crippen LogP) is 4.21. The Balaban J connectivity index is 1.62. The molecule has 0 fully saturated rings. The number of anilines is 1. The molecule has 31 heavy (non-hydrogen) atoms. The highest BCUT2D eigenvalue weighted by Crippen LogP contribution is 2.28. The Morgan fingerprint density at radius 1 is 1.10 bits per heavy atom. The van der Waals surface area contributed by atoms with E-state index in [2.05, 4.69) is 20.5 Å². The van der Waals surface area contributed by atoms with Crippen molar-refractivity contribution in [2.24, 2.45) is 0 Å². The summed E-state index contributed by atoms with van der Waals surface area (Å²) in [6.45, 7) is 0. The van der Waals surface area contributed by atoms with E-state index in [1.165, 1.54) is 23.9 Å². The molecule has 0 saturated carbocycles. The first kappa shape index (κ1) is 20.5. The van der Waals surface area contributed by atoms with Crippen molar-refractivity contribution in [1.82, 2.24) is 19.7 Å². The molecule has 2 aromatic heterocycles. The van der Waals surface area contributed by atoms with Gasteiger partial charge in [-0.05, 0) is 36.4 Å². The molecule has 2 heterocycles. The molecule has 2 aromatic carbocycles. The summed E-state index contributed by atoms with van der Waals surface area (Å²) in [5.74, 6) is 0.392. The minimum Gasteiger partial charge on any atom is -0.497 e. The molecule has 0 atom stereocenters. The van der Waals surface area contributed by atoms with Crippen LogP contribution in [0.2, 0.25) is 0 Å². The van der Waals surface area contributed by atoms with Crippen LogP contribution in [0.4, 0.5) is 10.1 Å². The fourth-order valence-electron chi connectivity index (χ4n) is 2.89. The van der Waals surface area contributed by atoms with Crippen LogP contribution in [0.15, 0.2) is 78.1 Å². The zero-order chi connectivity index (χ0) is 21.6. The van der Waals surface area contributed by atoms with Crippen molar-refractivity contribution in [3.05, 3.63) is 78.7 Å². The quantitative estimate of drug-likeness (QED) is 0.438. The average Bonchev–Trinajstić information content (AvgIpc) is 3.24. The van der Waals surface area contributed by atoms with Crippen LogP contribution in [0.1, 0.15) is 0 Å². The van der Waals surface area contributed by atoms with Crippen molar-refractivity contribution < 1.29 is 13.9 Å². The zero-order valence-electron chi connectivity index (χ0n) is 16.5. The van der Waals surface area contributed by atoms with E-state index in [1.54, 1.807) is 25.4 Å². The van der Waals surface area contributed by atoms with Gasteiger partial charge in [0.15, 0.2) is 11.0 Å². The van der Waals surface area contributed by atoms with Crippen LogP contribution in [-0.4, -0.2) is 38.5 Å². The van der Waals surface area contributed by atoms with Crippen LogP contribution in [0.25, 0.3) is 17.2 Å². The molecule has 0 saturated heterocycles. The van der Waals surface area contributed by atoms with E-state index in [1.807, 2.05) is 47.0 Å². The van der Waals surface area contributed by atoms with E-state index in [0.29, 0.717) is 22.4 Å². The summed E-state index contributed by atoms with van der Waals surface area (Å²) in [6, 6.07) is 19.0. The molecule has 0 aliphatic carbocycles. The molecule has 0 aliphatic rings. The Hall–Kier alpha value is -3.72. The molecule has 4 aromatic rings. The molecular weight excluding hydrogens is 417 g/mol. The number of hydrogen-bond acceptors (Lipinski definition) is 6. The lowest BCUT2D eigenvalue weighted by Crippen LogP contribution is -2.15. The summed E-state index contributed by atoms with van der Waals surface area (Å²) in [5, 5.41) is 11.6. The normalized spacial score (nSPS) is 10.6. The van der Waals surface area contributed by atoms with Crippen molar-refractivity contribution in [2.75, 3.05) is 18.2 Å². The largest absolute Gasteiger partial charge is 0.497 e. The number of amides is 1. The number of carbonyl (C=O) groups excluding carboxylic acids is 1. The number of ether oxygens (including phenoxy) is 1. The SMILES string of the molecule is COc1cccc(-n2c(SCC(=O)Nc3ccccc3F)nnc2-c2ccccn2)c1. The Morgan fingerprint density at radius 3 is 2.71 bits per heavy atom. The fourth-order valence-corrected chi connectivity index (χ4v) is 3.64. The topological polar surface area (TPSA) is 81.9 Å². The summed E-state index contributed by atoms with van der Waals surface area (Å²) in [5.41, 5.74) is 1.54. The van der Waals surface area contributed by atoms with Gasteiger partial charge in [-0.1, -0.05) is 36.0 Å². The van der Waals surface area contributed by atoms with E-state index in [9.17, 15) is 9.18 Å². The summed E-state index contributed by atoms with van der Waals surface area (Å²) in [6.07, 6.45) is 1.68. The summed E-state index contributed by atoms with van der Waals surface area (Å²) < 4.78 is 20.9. The van der Waals surface area contributed by atoms with Crippen molar-refractivity contribution in [1.29, 1.82) is 0 Å². The van der Waals surface area contributed by atoms with Gasteiger partial charge in [0, 0.05) is 12.3 Å². The lowest BCUT2D eigenvalue weighted by atomic mass is 10.2. The third kappa shape index (κ3) is 4.72. The molecule has 156 valence electrons. The number of para-hydroxylation sites is 1. The number of rotatable bonds is 7. The first-order chi connectivity index (χ1) is 15.2. The maximum atomic E-state index is 13.8. The van der Waals surface area contributed by atoms with Gasteiger partial charge in [-0.2, -0.15) is 0 Å². The second-order valence-corrected chi connectivity index (χ2v) is 7.32. The van der Waals surface area contributed by atoms with Gasteiger partial charge in [0.2, 0.25) is 5.91 Å². The fraction of sp³-hybridized carbons (Fsp3) is 0.0909. The lowest BCUT2D eigenvalue weighted by Gasteiger charge is -2.11. The van der Waals surface area contributed by atoms with E-state index < -0.39 is 5.82 Å². The number of nitrogens with one attached hydrogen (secondary N) is 1. The molecule has 7 nitrogen and oxygen atoms in total. The standard InChI is InChI=1S/C22H18FN5O2S/c1-30-16-8-6-7-15(13-16)28-21(19-11-4-5-12-24-19)26-27-22(28)31-14-20(29)25-18-10-3-2-9-17(18)23/h2-13H,14H2,1H3,(H,25,29). The Labute approximate surface area is 182 Å². The first-order valence-electron chi connectivity index (χ1n) is 9.34. The van der Waals surface area contributed by atoms with Crippen LogP contribution in [0.3, 0.4) is 0 Å². The van der Waals surface area contributed by atoms with Gasteiger partial charge in [0.1, 0.15) is 17.3 Å². The Morgan fingerprint density at radius 2 is 1.94 bits per heavy atom. The van der Waals surface area contributed by atoms with Crippen LogP contribution < -0.4 is 10.1 Å². The average molecular weight is 435 g/mol. The van der Waals surface area contributed by atoms with Gasteiger partial charge < -0.3 is 10.1 Å². The van der Waals surface area contributed by atoms with E-state index in [0.717, 1.165) is 5.69 Å². The van der Waals surface area contributed by atoms with Gasteiger partial charge >= 0.3 is 0 Å². The molecule has 0 bridgehead atoms. The third-order valence-corrected chi connectivity index (χ3v) is 5.25. The highest BCUT2D eigenvalue weighted by molar-refractivity contribution is 7.99. The molecule has 0 aliphatic heterocycles. The molecule has 0 unspecified atom stereocenters. The van der Waals surface area contributed by atoms with Gasteiger partial charge in [-0.3, -0.25) is 14.3 Å². The van der Waals surface area contributed by atoms with Crippen LogP contribution >= 0.6 is 11.8 Å². The smallest absolute Gasteiger partial charge is 0.234 e. The summed E-state index contributed by atoms with van der Waals surface area (Å²) in [4.78, 5) is 16.7. The van der Waals surface area contributed by atoms with Gasteiger partial charge in [0.05, 0.1) is 24.2 Å². The number of methoxy groups -OCH3 is 1. The predicted molar refractivity (Wildman–Crippen MR) is 117 cm³/mol. The number of nitrogens with zero attached hydrogens (tertiary/aromatic N) is 4. The zero-order valence-corrected chi connectivity index (χ0v) is 17.3. The summed E-state index contributed by atoms with van der Waals surface area (Å²) >= 11 is 1.19. The Bertz CT molecular complexity index is 1200. The highest BCUT2D eigenvalue weighted by atomic mass is 32.2. The molecule has 0 spiro atoms. The van der Waals surface area contributed by atoms with Crippen molar-refractivity contribution in [2.45, 2.75) is 5.16 Å². The monoisotopic (exact) mass is 435 g/mol. The van der Waals surface area contributed by atoms with Crippen molar-refractivity contribution >= 4 is 23.4 Å². The maximum absolute atomic E-state index is 13.8. The Kier molecular flexibility index (Phi) is 6.23. The van der Waals surface area contributed by atoms with Crippen LogP contribution in [0.5, 0.6) is 5.75 Å². The molecule has 0 radical (unpaired) electrons. The molecular formula is C22H18FN5O2S. The second-order valence-electron chi connectivity index (χ2n) is 6.37. The van der Waals surface area contributed by atoms with Gasteiger partial charge in [0.25, 0.3) is 0 Å². The number of halogens is 1. The number of pyridine rings is 1. The minimum absolute atomic E-state index is 0.0264. The number of benzene rings is 2. The van der Waals surface area contributed by atoms with E-state index in [4.69, 9.17) is 4.74 Å². The lowest BCUT2D eigenvalue weighted by molar-refractivity contribution is -0.113. The van der Waals surface area contributed by atoms with Crippen LogP contribution in [-0.2, 0) is 4.79 Å². The number of aromatic nitrogens is 4. The maximum Gasteiger partial charge on any atom is 0.234 e. The van der Waals surface area contributed by atoms with Gasteiger partial charge in [-0.25, -0.2) is 4.39 Å². The van der Waals surface area contributed by atoms with Crippen molar-refractivity contribution in [3.63, 3.8) is 0 Å². The number of hydrogen-bond donors (Lipinski definition) is 1. The molecule has 1 N–H and O–H groups in total. The first-order valence-corrected chi connectivity index (χ1v) is 10.3. The van der Waals surface area contributed by atoms with E-state index in [-0.39, 0.29) is 17.3 Å². The molecule has 1 amide bonds.